The third kappa shape index (κ3) is 3.68. The maximum Gasteiger partial charge on any atom is 0.449 e. The highest BCUT2D eigenvalue weighted by atomic mass is 19.4. The molecule has 3 rings (SSSR count). The van der Waals surface area contributed by atoms with E-state index < -0.39 is 42.1 Å². The Balaban J connectivity index is 1.98. The van der Waals surface area contributed by atoms with Gasteiger partial charge in [0.15, 0.2) is 6.10 Å². The van der Waals surface area contributed by atoms with Gasteiger partial charge in [0.1, 0.15) is 0 Å². The van der Waals surface area contributed by atoms with Crippen molar-refractivity contribution in [2.75, 3.05) is 13.1 Å². The molecule has 2 aromatic rings. The fourth-order valence-corrected chi connectivity index (χ4v) is 3.39. The van der Waals surface area contributed by atoms with Crippen LogP contribution in [-0.2, 0) is 15.7 Å². The van der Waals surface area contributed by atoms with E-state index in [2.05, 4.69) is 4.98 Å². The topological polar surface area (TPSA) is 84.7 Å². The molecule has 0 radical (unpaired) electrons. The lowest BCUT2D eigenvalue weighted by Gasteiger charge is -2.35. The van der Waals surface area contributed by atoms with Gasteiger partial charge in [0, 0.05) is 18.2 Å². The molecule has 1 aliphatic heterocycles. The first-order chi connectivity index (χ1) is 13.0. The molecule has 0 bridgehead atoms. The molecule has 1 aromatic carbocycles. The van der Waals surface area contributed by atoms with Gasteiger partial charge in [0.2, 0.25) is 5.82 Å². The van der Waals surface area contributed by atoms with Gasteiger partial charge in [0.25, 0.3) is 5.91 Å². The van der Waals surface area contributed by atoms with Gasteiger partial charge < -0.3 is 19.3 Å². The summed E-state index contributed by atoms with van der Waals surface area (Å²) in [7, 11) is 0. The molecule has 0 aliphatic carbocycles. The molecule has 7 nitrogen and oxygen atoms in total. The van der Waals surface area contributed by atoms with Crippen LogP contribution in [0.2, 0.25) is 0 Å². The highest BCUT2D eigenvalue weighted by Crippen LogP contribution is 2.34. The number of carboxylic acids is 1. The summed E-state index contributed by atoms with van der Waals surface area (Å²) in [5.41, 5.74) is 0.480. The number of morpholine rings is 1. The second-order valence-corrected chi connectivity index (χ2v) is 7.08. The standard InChI is InChI=1S/C18H20F3N3O4/c1-9(2)24-13-5-4-11(6-12(13)22-17(24)18(19,20)21)15(25)23-7-10(3)28-14(8-23)16(26)27/h4-6,9-10,14H,7-8H2,1-3H3,(H,26,27)/t10-,14?/m1/s1. The number of hydrogen-bond donors (Lipinski definition) is 1. The summed E-state index contributed by atoms with van der Waals surface area (Å²) >= 11 is 0. The lowest BCUT2D eigenvalue weighted by Crippen LogP contribution is -2.51. The van der Waals surface area contributed by atoms with Gasteiger partial charge in [-0.3, -0.25) is 4.79 Å². The molecule has 1 aliphatic rings. The van der Waals surface area contributed by atoms with E-state index in [9.17, 15) is 22.8 Å². The number of carbonyl (C=O) groups is 2. The molecular formula is C18H20F3N3O4. The summed E-state index contributed by atoms with van der Waals surface area (Å²) in [4.78, 5) is 29.0. The van der Waals surface area contributed by atoms with Crippen molar-refractivity contribution in [3.63, 3.8) is 0 Å². The van der Waals surface area contributed by atoms with Gasteiger partial charge >= 0.3 is 12.1 Å². The van der Waals surface area contributed by atoms with E-state index in [0.29, 0.717) is 0 Å². The minimum Gasteiger partial charge on any atom is -0.479 e. The number of rotatable bonds is 3. The third-order valence-corrected chi connectivity index (χ3v) is 4.53. The van der Waals surface area contributed by atoms with Gasteiger partial charge in [0.05, 0.1) is 23.7 Å². The molecular weight excluding hydrogens is 379 g/mol. The van der Waals surface area contributed by atoms with E-state index in [4.69, 9.17) is 9.84 Å². The number of halogens is 3. The monoisotopic (exact) mass is 399 g/mol. The fraction of sp³-hybridized carbons (Fsp3) is 0.500. The van der Waals surface area contributed by atoms with E-state index in [1.807, 2.05) is 0 Å². The maximum absolute atomic E-state index is 13.3. The molecule has 1 aromatic heterocycles. The molecule has 1 amide bonds. The Hall–Kier alpha value is -2.62. The Bertz CT molecular complexity index is 923. The molecule has 1 fully saturated rings. The van der Waals surface area contributed by atoms with E-state index in [-0.39, 0.29) is 29.7 Å². The quantitative estimate of drug-likeness (QED) is 0.858. The van der Waals surface area contributed by atoms with Crippen molar-refractivity contribution in [1.29, 1.82) is 0 Å². The summed E-state index contributed by atoms with van der Waals surface area (Å²) < 4.78 is 46.4. The van der Waals surface area contributed by atoms with Gasteiger partial charge in [-0.25, -0.2) is 9.78 Å². The predicted octanol–water partition coefficient (Wildman–Crippen LogP) is 2.95. The van der Waals surface area contributed by atoms with Crippen molar-refractivity contribution < 1.29 is 32.6 Å². The normalized spacial score (nSPS) is 20.8. The summed E-state index contributed by atoms with van der Waals surface area (Å²) in [5, 5.41) is 9.15. The van der Waals surface area contributed by atoms with Crippen LogP contribution in [0.5, 0.6) is 0 Å². The first-order valence-corrected chi connectivity index (χ1v) is 8.75. The maximum atomic E-state index is 13.3. The lowest BCUT2D eigenvalue weighted by molar-refractivity contribution is -0.160. The van der Waals surface area contributed by atoms with Gasteiger partial charge in [-0.05, 0) is 39.0 Å². The van der Waals surface area contributed by atoms with Crippen molar-refractivity contribution >= 4 is 22.9 Å². The van der Waals surface area contributed by atoms with Crippen LogP contribution in [0.3, 0.4) is 0 Å². The summed E-state index contributed by atoms with van der Waals surface area (Å²) in [6.45, 7) is 4.95. The highest BCUT2D eigenvalue weighted by Gasteiger charge is 2.38. The number of carboxylic acid groups (broad SMARTS) is 1. The number of imidazole rings is 1. The lowest BCUT2D eigenvalue weighted by atomic mass is 10.1. The fourth-order valence-electron chi connectivity index (χ4n) is 3.39. The molecule has 28 heavy (non-hydrogen) atoms. The molecule has 10 heteroatoms. The van der Waals surface area contributed by atoms with Crippen molar-refractivity contribution in [2.24, 2.45) is 0 Å². The van der Waals surface area contributed by atoms with Crippen LogP contribution >= 0.6 is 0 Å². The number of aromatic nitrogens is 2. The van der Waals surface area contributed by atoms with Crippen LogP contribution in [0.1, 0.15) is 43.0 Å². The number of alkyl halides is 3. The average Bonchev–Trinajstić information content (AvgIpc) is 2.99. The molecule has 1 unspecified atom stereocenters. The molecule has 2 atom stereocenters. The van der Waals surface area contributed by atoms with Crippen LogP contribution < -0.4 is 0 Å². The summed E-state index contributed by atoms with van der Waals surface area (Å²) in [5.74, 6) is -2.67. The van der Waals surface area contributed by atoms with Crippen LogP contribution in [0.4, 0.5) is 13.2 Å². The number of nitrogens with zero attached hydrogens (tertiary/aromatic N) is 3. The second kappa shape index (κ2) is 7.08. The average molecular weight is 399 g/mol. The molecule has 1 saturated heterocycles. The van der Waals surface area contributed by atoms with E-state index in [1.165, 1.54) is 23.1 Å². The van der Waals surface area contributed by atoms with Crippen LogP contribution in [0.25, 0.3) is 11.0 Å². The smallest absolute Gasteiger partial charge is 0.449 e. The number of hydrogen-bond acceptors (Lipinski definition) is 4. The third-order valence-electron chi connectivity index (χ3n) is 4.53. The Morgan fingerprint density at radius 3 is 2.54 bits per heavy atom. The number of amides is 1. The summed E-state index contributed by atoms with van der Waals surface area (Å²) in [6.07, 6.45) is -6.24. The number of fused-ring (bicyclic) bond motifs is 1. The molecule has 152 valence electrons. The molecule has 0 spiro atoms. The molecule has 2 heterocycles. The minimum absolute atomic E-state index is 0.0583. The largest absolute Gasteiger partial charge is 0.479 e. The van der Waals surface area contributed by atoms with Crippen molar-refractivity contribution in [1.82, 2.24) is 14.5 Å². The number of ether oxygens (including phenoxy) is 1. The van der Waals surface area contributed by atoms with E-state index in [0.717, 1.165) is 4.57 Å². The van der Waals surface area contributed by atoms with Gasteiger partial charge in [-0.1, -0.05) is 0 Å². The van der Waals surface area contributed by atoms with E-state index >= 15 is 0 Å². The van der Waals surface area contributed by atoms with Gasteiger partial charge in [-0.15, -0.1) is 0 Å². The number of aliphatic carboxylic acids is 1. The Morgan fingerprint density at radius 1 is 1.29 bits per heavy atom. The van der Waals surface area contributed by atoms with Crippen molar-refractivity contribution in [2.45, 2.75) is 45.2 Å². The zero-order valence-corrected chi connectivity index (χ0v) is 15.5. The van der Waals surface area contributed by atoms with Crippen molar-refractivity contribution in [3.05, 3.63) is 29.6 Å². The van der Waals surface area contributed by atoms with Gasteiger partial charge in [-0.2, -0.15) is 13.2 Å². The Labute approximate surface area is 158 Å². The SMILES string of the molecule is CC(C)n1c(C(F)(F)F)nc2cc(C(=O)N3CC(C(=O)O)O[C@H](C)C3)ccc21. The van der Waals surface area contributed by atoms with Crippen molar-refractivity contribution in [3.8, 4) is 0 Å². The number of carbonyl (C=O) groups excluding carboxylic acids is 1. The highest BCUT2D eigenvalue weighted by molar-refractivity contribution is 5.98. The molecule has 0 saturated carbocycles. The zero-order valence-electron chi connectivity index (χ0n) is 15.5. The Kier molecular flexibility index (Phi) is 5.09. The first kappa shape index (κ1) is 20.1. The summed E-state index contributed by atoms with van der Waals surface area (Å²) in [6, 6.07) is 3.70. The molecule has 1 N–H and O–H groups in total. The van der Waals surface area contributed by atoms with E-state index in [1.54, 1.807) is 20.8 Å². The predicted molar refractivity (Wildman–Crippen MR) is 93.0 cm³/mol. The van der Waals surface area contributed by atoms with Crippen LogP contribution in [0, 0.1) is 0 Å². The van der Waals surface area contributed by atoms with Crippen LogP contribution in [-0.4, -0.2) is 56.7 Å². The first-order valence-electron chi connectivity index (χ1n) is 8.75. The minimum atomic E-state index is -4.62. The van der Waals surface area contributed by atoms with Crippen LogP contribution in [0.15, 0.2) is 18.2 Å². The Morgan fingerprint density at radius 2 is 1.96 bits per heavy atom. The number of benzene rings is 1. The zero-order chi connectivity index (χ0) is 20.8. The second-order valence-electron chi connectivity index (χ2n) is 7.08.